The van der Waals surface area contributed by atoms with E-state index in [1.807, 2.05) is 97.1 Å². The molecule has 0 unspecified atom stereocenters. The van der Waals surface area contributed by atoms with Crippen molar-refractivity contribution in [2.75, 3.05) is 0 Å². The molecular weight excluding hydrogens is 833 g/mol. The molecule has 0 aliphatic rings. The monoisotopic (exact) mass is 870 g/mol. The van der Waals surface area contributed by atoms with E-state index in [-0.39, 0.29) is 0 Å². The molecule has 6 nitrogen and oxygen atoms in total. The van der Waals surface area contributed by atoms with Gasteiger partial charge in [0.05, 0.1) is 22.2 Å². The van der Waals surface area contributed by atoms with E-state index in [0.29, 0.717) is 23.1 Å². The number of benzene rings is 9. The van der Waals surface area contributed by atoms with Crippen molar-refractivity contribution in [3.8, 4) is 89.8 Å². The van der Waals surface area contributed by atoms with Crippen LogP contribution in [0.3, 0.4) is 0 Å². The van der Waals surface area contributed by atoms with E-state index in [1.165, 1.54) is 0 Å². The maximum Gasteiger partial charge on any atom is 0.231 e. The lowest BCUT2D eigenvalue weighted by molar-refractivity contribution is 0.653. The van der Waals surface area contributed by atoms with Gasteiger partial charge < -0.3 is 8.83 Å². The molecule has 13 rings (SSSR count). The average molecular weight is 871 g/mol. The second-order valence-corrected chi connectivity index (χ2v) is 17.0. The fourth-order valence-electron chi connectivity index (χ4n) is 9.43. The fourth-order valence-corrected chi connectivity index (χ4v) is 9.43. The van der Waals surface area contributed by atoms with E-state index in [4.69, 9.17) is 28.8 Å². The standard InChI is InChI=1S/C62H38N4O2/c1-4-17-39(18-5-1)48-36-49(38-50(37-48)58-56-52-30-11-13-32-54(52)68-62(56)66-60(64-58)41-21-8-3-9-22-41)46-27-15-25-44(34-46)42-23-14-24-43(33-42)45-26-16-28-47(35-45)57-55-51-29-10-12-31-53(51)67-61(55)65-59(63-57)40-19-6-2-7-20-40/h1-38H. The van der Waals surface area contributed by atoms with E-state index in [0.717, 1.165) is 111 Å². The largest absolute Gasteiger partial charge is 0.438 e. The SMILES string of the molecule is c1ccc(-c2cc(-c3cccc(-c4cccc(-c5cccc(-c6nc(-c7ccccc7)nc7oc8ccccc8c67)c5)c4)c3)cc(-c3nc(-c4ccccc4)nc4oc5ccccc5c34)c2)cc1. The molecule has 0 saturated carbocycles. The first-order chi connectivity index (χ1) is 33.7. The van der Waals surface area contributed by atoms with Gasteiger partial charge in [-0.25, -0.2) is 9.97 Å². The molecule has 4 heterocycles. The molecule has 13 aromatic rings. The Kier molecular flexibility index (Phi) is 9.39. The zero-order valence-corrected chi connectivity index (χ0v) is 36.5. The van der Waals surface area contributed by atoms with Gasteiger partial charge >= 0.3 is 0 Å². The minimum atomic E-state index is 0.561. The third-order valence-corrected chi connectivity index (χ3v) is 12.7. The highest BCUT2D eigenvalue weighted by atomic mass is 16.3. The van der Waals surface area contributed by atoms with Crippen LogP contribution in [0.15, 0.2) is 239 Å². The molecule has 68 heavy (non-hydrogen) atoms. The van der Waals surface area contributed by atoms with Gasteiger partial charge in [-0.15, -0.1) is 0 Å². The molecule has 0 amide bonds. The molecule has 0 bridgehead atoms. The fraction of sp³-hybridized carbons (Fsp3) is 0. The summed E-state index contributed by atoms with van der Waals surface area (Å²) in [5.41, 5.74) is 16.9. The van der Waals surface area contributed by atoms with Gasteiger partial charge in [0, 0.05) is 33.0 Å². The Balaban J connectivity index is 0.920. The first kappa shape index (κ1) is 39.1. The summed E-state index contributed by atoms with van der Waals surface area (Å²) in [6.07, 6.45) is 0. The van der Waals surface area contributed by atoms with Crippen LogP contribution < -0.4 is 0 Å². The summed E-state index contributed by atoms with van der Waals surface area (Å²) in [5.74, 6) is 1.24. The van der Waals surface area contributed by atoms with Gasteiger partial charge in [-0.05, 0) is 93.0 Å². The highest BCUT2D eigenvalue weighted by Crippen LogP contribution is 2.41. The van der Waals surface area contributed by atoms with Crippen LogP contribution in [0.5, 0.6) is 0 Å². The van der Waals surface area contributed by atoms with Crippen molar-refractivity contribution >= 4 is 44.1 Å². The molecule has 4 aromatic heterocycles. The lowest BCUT2D eigenvalue weighted by Crippen LogP contribution is -1.95. The maximum atomic E-state index is 6.43. The number of para-hydroxylation sites is 2. The van der Waals surface area contributed by atoms with E-state index in [2.05, 4.69) is 133 Å². The number of rotatable bonds is 8. The van der Waals surface area contributed by atoms with E-state index in [9.17, 15) is 0 Å². The predicted octanol–water partition coefficient (Wildman–Crippen LogP) is 16.4. The molecule has 0 aliphatic heterocycles. The molecule has 0 aliphatic carbocycles. The number of nitrogens with zero attached hydrogens (tertiary/aromatic N) is 4. The van der Waals surface area contributed by atoms with Crippen LogP contribution in [0.25, 0.3) is 134 Å². The normalized spacial score (nSPS) is 11.5. The van der Waals surface area contributed by atoms with Crippen molar-refractivity contribution in [3.63, 3.8) is 0 Å². The Morgan fingerprint density at radius 1 is 0.235 bits per heavy atom. The third-order valence-electron chi connectivity index (χ3n) is 12.7. The summed E-state index contributed by atoms with van der Waals surface area (Å²) < 4.78 is 12.8. The number of hydrogen-bond donors (Lipinski definition) is 0. The number of furan rings is 2. The summed E-state index contributed by atoms with van der Waals surface area (Å²) >= 11 is 0. The van der Waals surface area contributed by atoms with Crippen LogP contribution in [0.1, 0.15) is 0 Å². The van der Waals surface area contributed by atoms with Crippen LogP contribution in [-0.4, -0.2) is 19.9 Å². The molecule has 318 valence electrons. The lowest BCUT2D eigenvalue weighted by Gasteiger charge is -2.14. The van der Waals surface area contributed by atoms with Crippen LogP contribution in [0.2, 0.25) is 0 Å². The minimum absolute atomic E-state index is 0.561. The molecular formula is C62H38N4O2. The van der Waals surface area contributed by atoms with Crippen molar-refractivity contribution < 1.29 is 8.83 Å². The van der Waals surface area contributed by atoms with Crippen molar-refractivity contribution in [3.05, 3.63) is 231 Å². The van der Waals surface area contributed by atoms with Crippen molar-refractivity contribution in [2.24, 2.45) is 0 Å². The third kappa shape index (κ3) is 7.00. The Labute approximate surface area is 391 Å². The summed E-state index contributed by atoms with van der Waals surface area (Å²) in [7, 11) is 0. The highest BCUT2D eigenvalue weighted by Gasteiger charge is 2.21. The van der Waals surface area contributed by atoms with Gasteiger partial charge in [-0.1, -0.05) is 182 Å². The Bertz CT molecular complexity index is 4030. The maximum absolute atomic E-state index is 6.43. The quantitative estimate of drug-likeness (QED) is 0.151. The van der Waals surface area contributed by atoms with Crippen LogP contribution >= 0.6 is 0 Å². The van der Waals surface area contributed by atoms with E-state index in [1.54, 1.807) is 0 Å². The van der Waals surface area contributed by atoms with Gasteiger partial charge in [0.15, 0.2) is 11.6 Å². The molecule has 0 atom stereocenters. The van der Waals surface area contributed by atoms with Crippen LogP contribution in [0, 0.1) is 0 Å². The molecule has 0 radical (unpaired) electrons. The number of fused-ring (bicyclic) bond motifs is 6. The van der Waals surface area contributed by atoms with Crippen LogP contribution in [-0.2, 0) is 0 Å². The molecule has 9 aromatic carbocycles. The van der Waals surface area contributed by atoms with Crippen LogP contribution in [0.4, 0.5) is 0 Å². The molecule has 0 N–H and O–H groups in total. The lowest BCUT2D eigenvalue weighted by atomic mass is 9.92. The number of hydrogen-bond acceptors (Lipinski definition) is 6. The van der Waals surface area contributed by atoms with Gasteiger partial charge in [-0.3, -0.25) is 0 Å². The van der Waals surface area contributed by atoms with Gasteiger partial charge in [-0.2, -0.15) is 9.97 Å². The zero-order valence-electron chi connectivity index (χ0n) is 36.5. The molecule has 6 heteroatoms. The first-order valence-electron chi connectivity index (χ1n) is 22.7. The summed E-state index contributed by atoms with van der Waals surface area (Å²) in [6, 6.07) is 79.8. The Hall–Kier alpha value is -9.26. The minimum Gasteiger partial charge on any atom is -0.438 e. The summed E-state index contributed by atoms with van der Waals surface area (Å²) in [6.45, 7) is 0. The predicted molar refractivity (Wildman–Crippen MR) is 276 cm³/mol. The smallest absolute Gasteiger partial charge is 0.231 e. The molecule has 0 spiro atoms. The second kappa shape index (κ2) is 16.3. The van der Waals surface area contributed by atoms with E-state index >= 15 is 0 Å². The van der Waals surface area contributed by atoms with Gasteiger partial charge in [0.25, 0.3) is 0 Å². The molecule has 0 fully saturated rings. The second-order valence-electron chi connectivity index (χ2n) is 17.0. The van der Waals surface area contributed by atoms with E-state index < -0.39 is 0 Å². The Morgan fingerprint density at radius 3 is 1.04 bits per heavy atom. The topological polar surface area (TPSA) is 77.8 Å². The van der Waals surface area contributed by atoms with Crippen molar-refractivity contribution in [2.45, 2.75) is 0 Å². The van der Waals surface area contributed by atoms with Gasteiger partial charge in [0.2, 0.25) is 11.4 Å². The Morgan fingerprint density at radius 2 is 0.559 bits per heavy atom. The zero-order chi connectivity index (χ0) is 45.0. The summed E-state index contributed by atoms with van der Waals surface area (Å²) in [5, 5.41) is 3.77. The van der Waals surface area contributed by atoms with Crippen molar-refractivity contribution in [1.29, 1.82) is 0 Å². The van der Waals surface area contributed by atoms with Gasteiger partial charge in [0.1, 0.15) is 11.2 Å². The average Bonchev–Trinajstić information content (AvgIpc) is 4.00. The molecule has 0 saturated heterocycles. The number of aromatic nitrogens is 4. The van der Waals surface area contributed by atoms with Crippen molar-refractivity contribution in [1.82, 2.24) is 19.9 Å². The first-order valence-corrected chi connectivity index (χ1v) is 22.7. The highest BCUT2D eigenvalue weighted by molar-refractivity contribution is 6.12. The summed E-state index contributed by atoms with van der Waals surface area (Å²) in [4.78, 5) is 20.4.